The summed E-state index contributed by atoms with van der Waals surface area (Å²) < 4.78 is 0. The van der Waals surface area contributed by atoms with Crippen LogP contribution in [0.2, 0.25) is 0 Å². The first-order chi connectivity index (χ1) is 12.8. The van der Waals surface area contributed by atoms with E-state index in [0.717, 1.165) is 45.1 Å². The highest BCUT2D eigenvalue weighted by Crippen LogP contribution is 2.33. The van der Waals surface area contributed by atoms with Crippen LogP contribution >= 0.6 is 0 Å². The van der Waals surface area contributed by atoms with E-state index in [1.165, 1.54) is 48.9 Å². The summed E-state index contributed by atoms with van der Waals surface area (Å²) in [5.41, 5.74) is 3.99. The fraction of sp³-hybridized carbons (Fsp3) is 0.650. The van der Waals surface area contributed by atoms with Gasteiger partial charge in [-0.05, 0) is 24.8 Å². The maximum absolute atomic E-state index is 4.53. The molecule has 0 spiro atoms. The van der Waals surface area contributed by atoms with Crippen molar-refractivity contribution in [2.24, 2.45) is 0 Å². The van der Waals surface area contributed by atoms with Gasteiger partial charge in [0, 0.05) is 62.3 Å². The van der Waals surface area contributed by atoms with Crippen LogP contribution in [0.5, 0.6) is 0 Å². The number of anilines is 1. The molecule has 1 saturated carbocycles. The molecule has 140 valence electrons. The van der Waals surface area contributed by atoms with Gasteiger partial charge in [0.05, 0.1) is 6.20 Å². The van der Waals surface area contributed by atoms with Crippen LogP contribution in [0.3, 0.4) is 0 Å². The summed E-state index contributed by atoms with van der Waals surface area (Å²) in [7, 11) is 0. The average Bonchev–Trinajstić information content (AvgIpc) is 3.17. The summed E-state index contributed by atoms with van der Waals surface area (Å²) in [6, 6.07) is 0. The van der Waals surface area contributed by atoms with Gasteiger partial charge in [-0.3, -0.25) is 10.00 Å². The number of H-pyrrole nitrogens is 1. The molecule has 2 aliphatic rings. The van der Waals surface area contributed by atoms with Gasteiger partial charge in [0.15, 0.2) is 0 Å². The van der Waals surface area contributed by atoms with Crippen molar-refractivity contribution in [2.45, 2.75) is 57.9 Å². The zero-order valence-corrected chi connectivity index (χ0v) is 15.8. The molecule has 2 aromatic heterocycles. The maximum atomic E-state index is 4.53. The maximum Gasteiger partial charge on any atom is 0.225 e. The van der Waals surface area contributed by atoms with E-state index in [1.807, 2.05) is 18.6 Å². The minimum absolute atomic E-state index is 0.688. The van der Waals surface area contributed by atoms with Crippen LogP contribution in [0, 0.1) is 0 Å². The van der Waals surface area contributed by atoms with Gasteiger partial charge >= 0.3 is 0 Å². The molecule has 26 heavy (non-hydrogen) atoms. The molecular formula is C20H30N6. The van der Waals surface area contributed by atoms with Crippen LogP contribution in [0.15, 0.2) is 18.6 Å². The van der Waals surface area contributed by atoms with Crippen LogP contribution in [0.25, 0.3) is 0 Å². The number of aromatic nitrogens is 4. The Hall–Kier alpha value is -1.95. The molecule has 1 saturated heterocycles. The second kappa shape index (κ2) is 8.16. The monoisotopic (exact) mass is 354 g/mol. The van der Waals surface area contributed by atoms with E-state index in [0.29, 0.717) is 5.92 Å². The molecule has 2 aromatic rings. The van der Waals surface area contributed by atoms with Crippen molar-refractivity contribution in [3.8, 4) is 0 Å². The molecule has 0 bridgehead atoms. The molecule has 0 aromatic carbocycles. The molecule has 0 amide bonds. The number of piperazine rings is 1. The lowest BCUT2D eigenvalue weighted by atomic mass is 9.85. The quantitative estimate of drug-likeness (QED) is 0.894. The topological polar surface area (TPSA) is 60.9 Å². The van der Waals surface area contributed by atoms with Gasteiger partial charge in [-0.2, -0.15) is 5.10 Å². The Bertz CT molecular complexity index is 681. The Morgan fingerprint density at radius 3 is 2.42 bits per heavy atom. The van der Waals surface area contributed by atoms with Crippen molar-refractivity contribution in [1.29, 1.82) is 0 Å². The summed E-state index contributed by atoms with van der Waals surface area (Å²) in [4.78, 5) is 13.9. The summed E-state index contributed by atoms with van der Waals surface area (Å²) in [6.07, 6.45) is 13.7. The molecule has 6 heteroatoms. The Kier molecular flexibility index (Phi) is 5.48. The van der Waals surface area contributed by atoms with Crippen molar-refractivity contribution in [2.75, 3.05) is 31.1 Å². The van der Waals surface area contributed by atoms with Gasteiger partial charge in [-0.25, -0.2) is 9.97 Å². The van der Waals surface area contributed by atoms with Gasteiger partial charge in [0.2, 0.25) is 5.95 Å². The third-order valence-corrected chi connectivity index (χ3v) is 5.91. The Morgan fingerprint density at radius 2 is 1.73 bits per heavy atom. The second-order valence-corrected chi connectivity index (χ2v) is 7.65. The van der Waals surface area contributed by atoms with E-state index < -0.39 is 0 Å². The van der Waals surface area contributed by atoms with E-state index in [-0.39, 0.29) is 0 Å². The average molecular weight is 355 g/mol. The van der Waals surface area contributed by atoms with Crippen LogP contribution in [-0.2, 0) is 13.0 Å². The molecule has 1 aliphatic carbocycles. The van der Waals surface area contributed by atoms with E-state index in [9.17, 15) is 0 Å². The number of aryl methyl sites for hydroxylation is 1. The number of hydrogen-bond acceptors (Lipinski definition) is 5. The lowest BCUT2D eigenvalue weighted by molar-refractivity contribution is 0.247. The number of rotatable bonds is 5. The third-order valence-electron chi connectivity index (χ3n) is 5.91. The van der Waals surface area contributed by atoms with E-state index in [2.05, 4.69) is 36.9 Å². The molecule has 3 heterocycles. The molecule has 1 N–H and O–H groups in total. The first-order valence-corrected chi connectivity index (χ1v) is 10.1. The number of nitrogens with zero attached hydrogens (tertiary/aromatic N) is 5. The normalized spacial score (nSPS) is 19.8. The standard InChI is InChI=1S/C20H30N6/c1-2-16-12-21-20(22-13-16)26-10-8-25(9-11-26)15-18-14-23-24-19(18)17-6-4-3-5-7-17/h12-14,17H,2-11,15H2,1H3,(H,23,24). The smallest absolute Gasteiger partial charge is 0.225 e. The van der Waals surface area contributed by atoms with Gasteiger partial charge < -0.3 is 4.90 Å². The van der Waals surface area contributed by atoms with Crippen LogP contribution in [-0.4, -0.2) is 51.2 Å². The lowest BCUT2D eigenvalue weighted by Gasteiger charge is -2.35. The van der Waals surface area contributed by atoms with Gasteiger partial charge in [0.1, 0.15) is 0 Å². The number of nitrogens with one attached hydrogen (secondary N) is 1. The Labute approximate surface area is 156 Å². The van der Waals surface area contributed by atoms with E-state index >= 15 is 0 Å². The zero-order valence-electron chi connectivity index (χ0n) is 15.8. The highest BCUT2D eigenvalue weighted by Gasteiger charge is 2.23. The van der Waals surface area contributed by atoms with Crippen LogP contribution in [0.4, 0.5) is 5.95 Å². The molecule has 0 atom stereocenters. The second-order valence-electron chi connectivity index (χ2n) is 7.65. The van der Waals surface area contributed by atoms with Crippen molar-refractivity contribution in [1.82, 2.24) is 25.1 Å². The van der Waals surface area contributed by atoms with Gasteiger partial charge in [-0.15, -0.1) is 0 Å². The summed E-state index contributed by atoms with van der Waals surface area (Å²) >= 11 is 0. The highest BCUT2D eigenvalue weighted by molar-refractivity contribution is 5.31. The van der Waals surface area contributed by atoms with Gasteiger partial charge in [-0.1, -0.05) is 26.2 Å². The largest absolute Gasteiger partial charge is 0.338 e. The first kappa shape index (κ1) is 17.5. The molecule has 4 rings (SSSR count). The predicted molar refractivity (Wildman–Crippen MR) is 103 cm³/mol. The first-order valence-electron chi connectivity index (χ1n) is 10.1. The van der Waals surface area contributed by atoms with Crippen molar-refractivity contribution < 1.29 is 0 Å². The summed E-state index contributed by atoms with van der Waals surface area (Å²) in [5.74, 6) is 1.56. The van der Waals surface area contributed by atoms with Gasteiger partial charge in [0.25, 0.3) is 0 Å². The fourth-order valence-corrected chi connectivity index (χ4v) is 4.23. The molecule has 0 radical (unpaired) electrons. The molecule has 6 nitrogen and oxygen atoms in total. The van der Waals surface area contributed by atoms with Crippen molar-refractivity contribution in [3.63, 3.8) is 0 Å². The molecule has 2 fully saturated rings. The van der Waals surface area contributed by atoms with Crippen LogP contribution in [0.1, 0.15) is 61.8 Å². The molecule has 1 aliphatic heterocycles. The number of aromatic amines is 1. The van der Waals surface area contributed by atoms with E-state index in [1.54, 1.807) is 0 Å². The Balaban J connectivity index is 1.33. The predicted octanol–water partition coefficient (Wildman–Crippen LogP) is 3.13. The summed E-state index contributed by atoms with van der Waals surface area (Å²) in [5, 5.41) is 7.66. The SMILES string of the molecule is CCc1cnc(N2CCN(Cc3cn[nH]c3C3CCCCC3)CC2)nc1. The Morgan fingerprint density at radius 1 is 1.00 bits per heavy atom. The van der Waals surface area contributed by atoms with Crippen molar-refractivity contribution in [3.05, 3.63) is 35.4 Å². The third kappa shape index (κ3) is 3.90. The fourth-order valence-electron chi connectivity index (χ4n) is 4.23. The molecular weight excluding hydrogens is 324 g/mol. The lowest BCUT2D eigenvalue weighted by Crippen LogP contribution is -2.46. The van der Waals surface area contributed by atoms with Crippen LogP contribution < -0.4 is 4.90 Å². The van der Waals surface area contributed by atoms with Crippen molar-refractivity contribution >= 4 is 5.95 Å². The van der Waals surface area contributed by atoms with E-state index in [4.69, 9.17) is 0 Å². The molecule has 0 unspecified atom stereocenters. The zero-order chi connectivity index (χ0) is 17.8. The minimum Gasteiger partial charge on any atom is -0.338 e. The number of hydrogen-bond donors (Lipinski definition) is 1. The summed E-state index contributed by atoms with van der Waals surface area (Å²) in [6.45, 7) is 7.22. The highest BCUT2D eigenvalue weighted by atomic mass is 15.3. The minimum atomic E-state index is 0.688.